The van der Waals surface area contributed by atoms with E-state index in [-0.39, 0.29) is 0 Å². The van der Waals surface area contributed by atoms with Gasteiger partial charge in [0.1, 0.15) is 0 Å². The monoisotopic (exact) mass is 266 g/mol. The van der Waals surface area contributed by atoms with Crippen molar-refractivity contribution in [2.45, 2.75) is 40.5 Å². The minimum atomic E-state index is 1.12. The Morgan fingerprint density at radius 3 is 2.35 bits per heavy atom. The summed E-state index contributed by atoms with van der Waals surface area (Å²) in [5.41, 5.74) is 5.42. The first kappa shape index (κ1) is 16.2. The van der Waals surface area contributed by atoms with Crippen molar-refractivity contribution in [1.29, 1.82) is 0 Å². The van der Waals surface area contributed by atoms with Crippen molar-refractivity contribution in [3.8, 4) is 0 Å². The highest BCUT2D eigenvalue weighted by atomic mass is 14.0. The zero-order valence-electron chi connectivity index (χ0n) is 13.2. The lowest BCUT2D eigenvalue weighted by Gasteiger charge is -1.99. The normalized spacial score (nSPS) is 16.0. The van der Waals surface area contributed by atoms with E-state index < -0.39 is 0 Å². The highest BCUT2D eigenvalue weighted by molar-refractivity contribution is 5.63. The molecule has 0 amide bonds. The minimum Gasteiger partial charge on any atom is -0.0841 e. The SMILES string of the molecule is C/C=C(\C)c1ccc(C)cc1.CC/C=C1\C=CC=CC1. The maximum absolute atomic E-state index is 2.26. The van der Waals surface area contributed by atoms with E-state index in [0.717, 1.165) is 12.8 Å². The Morgan fingerprint density at radius 1 is 1.15 bits per heavy atom. The fourth-order valence-electron chi connectivity index (χ4n) is 1.93. The zero-order chi connectivity index (χ0) is 14.8. The van der Waals surface area contributed by atoms with Crippen LogP contribution in [0.15, 0.2) is 66.3 Å². The second-order valence-electron chi connectivity index (χ2n) is 5.02. The molecule has 0 fully saturated rings. The summed E-state index contributed by atoms with van der Waals surface area (Å²) in [6, 6.07) is 8.60. The van der Waals surface area contributed by atoms with Gasteiger partial charge in [-0.25, -0.2) is 0 Å². The molecule has 0 bridgehead atoms. The van der Waals surface area contributed by atoms with Crippen LogP contribution in [-0.2, 0) is 0 Å². The summed E-state index contributed by atoms with van der Waals surface area (Å²) in [5, 5.41) is 0. The number of hydrogen-bond acceptors (Lipinski definition) is 0. The summed E-state index contributed by atoms with van der Waals surface area (Å²) < 4.78 is 0. The van der Waals surface area contributed by atoms with Crippen molar-refractivity contribution >= 4 is 5.57 Å². The zero-order valence-corrected chi connectivity index (χ0v) is 13.2. The maximum atomic E-state index is 2.26. The summed E-state index contributed by atoms with van der Waals surface area (Å²) >= 11 is 0. The van der Waals surface area contributed by atoms with E-state index in [9.17, 15) is 0 Å². The lowest BCUT2D eigenvalue weighted by atomic mass is 10.1. The molecule has 1 aromatic rings. The molecular formula is C20H26. The number of hydrogen-bond donors (Lipinski definition) is 0. The molecule has 0 unspecified atom stereocenters. The van der Waals surface area contributed by atoms with Crippen molar-refractivity contribution in [2.24, 2.45) is 0 Å². The standard InChI is InChI=1S/C11H14.C9H12/c1-4-10(3)11-7-5-9(2)6-8-11;1-2-6-9-7-4-3-5-8-9/h4-8H,1-3H3;3-7H,2,8H2,1H3/b10-4+;9-6+. The van der Waals surface area contributed by atoms with Gasteiger partial charge in [-0.2, -0.15) is 0 Å². The Balaban J connectivity index is 0.000000204. The first-order chi connectivity index (χ1) is 9.67. The van der Waals surface area contributed by atoms with Crippen LogP contribution in [0.2, 0.25) is 0 Å². The second-order valence-corrected chi connectivity index (χ2v) is 5.02. The van der Waals surface area contributed by atoms with Crippen LogP contribution in [0.25, 0.3) is 5.57 Å². The number of aryl methyl sites for hydroxylation is 1. The molecular weight excluding hydrogens is 240 g/mol. The Labute approximate surface area is 124 Å². The molecule has 20 heavy (non-hydrogen) atoms. The van der Waals surface area contributed by atoms with Gasteiger partial charge in [-0.05, 0) is 50.3 Å². The summed E-state index contributed by atoms with van der Waals surface area (Å²) in [7, 11) is 0. The van der Waals surface area contributed by atoms with Gasteiger partial charge >= 0.3 is 0 Å². The molecule has 0 aromatic heterocycles. The van der Waals surface area contributed by atoms with E-state index in [1.807, 2.05) is 0 Å². The average molecular weight is 266 g/mol. The summed E-state index contributed by atoms with van der Waals surface area (Å²) in [6.45, 7) is 8.47. The molecule has 0 saturated heterocycles. The predicted molar refractivity (Wildman–Crippen MR) is 91.8 cm³/mol. The molecule has 0 radical (unpaired) electrons. The first-order valence-corrected chi connectivity index (χ1v) is 7.39. The van der Waals surface area contributed by atoms with Crippen LogP contribution < -0.4 is 0 Å². The Hall–Kier alpha value is -1.82. The van der Waals surface area contributed by atoms with Crippen molar-refractivity contribution in [1.82, 2.24) is 0 Å². The lowest BCUT2D eigenvalue weighted by Crippen LogP contribution is -1.78. The molecule has 1 aliphatic carbocycles. The topological polar surface area (TPSA) is 0 Å². The van der Waals surface area contributed by atoms with Crippen LogP contribution in [0.3, 0.4) is 0 Å². The third-order valence-electron chi connectivity index (χ3n) is 3.32. The van der Waals surface area contributed by atoms with Crippen LogP contribution in [0.1, 0.15) is 44.7 Å². The smallest absolute Gasteiger partial charge is 0.00975 e. The van der Waals surface area contributed by atoms with Gasteiger partial charge in [-0.1, -0.05) is 73.2 Å². The Morgan fingerprint density at radius 2 is 1.85 bits per heavy atom. The molecule has 0 heteroatoms. The van der Waals surface area contributed by atoms with Crippen molar-refractivity contribution in [3.05, 3.63) is 77.4 Å². The molecule has 0 heterocycles. The van der Waals surface area contributed by atoms with Gasteiger partial charge in [0.2, 0.25) is 0 Å². The molecule has 0 nitrogen and oxygen atoms in total. The summed E-state index contributed by atoms with van der Waals surface area (Å²) in [4.78, 5) is 0. The predicted octanol–water partition coefficient (Wildman–Crippen LogP) is 6.26. The molecule has 1 aliphatic rings. The lowest BCUT2D eigenvalue weighted by molar-refractivity contribution is 1.15. The number of benzene rings is 1. The van der Waals surface area contributed by atoms with Crippen molar-refractivity contribution < 1.29 is 0 Å². The summed E-state index contributed by atoms with van der Waals surface area (Å²) in [5.74, 6) is 0. The van der Waals surface area contributed by atoms with E-state index in [2.05, 4.69) is 88.4 Å². The van der Waals surface area contributed by atoms with E-state index in [0.29, 0.717) is 0 Å². The third kappa shape index (κ3) is 5.88. The molecule has 106 valence electrons. The molecule has 0 saturated carbocycles. The summed E-state index contributed by atoms with van der Waals surface area (Å²) in [6.07, 6.45) is 15.2. The third-order valence-corrected chi connectivity index (χ3v) is 3.32. The van der Waals surface area contributed by atoms with Gasteiger partial charge in [-0.3, -0.25) is 0 Å². The van der Waals surface area contributed by atoms with Gasteiger partial charge < -0.3 is 0 Å². The van der Waals surface area contributed by atoms with Gasteiger partial charge in [0.25, 0.3) is 0 Å². The van der Waals surface area contributed by atoms with Crippen LogP contribution in [-0.4, -0.2) is 0 Å². The van der Waals surface area contributed by atoms with Crippen LogP contribution in [0.5, 0.6) is 0 Å². The van der Waals surface area contributed by atoms with Crippen LogP contribution >= 0.6 is 0 Å². The van der Waals surface area contributed by atoms with Gasteiger partial charge in [0.15, 0.2) is 0 Å². The molecule has 0 spiro atoms. The fourth-order valence-corrected chi connectivity index (χ4v) is 1.93. The second kappa shape index (κ2) is 9.14. The Bertz CT molecular complexity index is 507. The number of rotatable bonds is 2. The number of allylic oxidation sites excluding steroid dienone is 8. The molecule has 1 aromatic carbocycles. The Kier molecular flexibility index (Phi) is 7.42. The first-order valence-electron chi connectivity index (χ1n) is 7.39. The highest BCUT2D eigenvalue weighted by Gasteiger charge is 1.91. The fraction of sp³-hybridized carbons (Fsp3) is 0.300. The van der Waals surface area contributed by atoms with E-state index in [4.69, 9.17) is 0 Å². The van der Waals surface area contributed by atoms with Crippen molar-refractivity contribution in [3.63, 3.8) is 0 Å². The maximum Gasteiger partial charge on any atom is -0.00975 e. The van der Waals surface area contributed by atoms with Gasteiger partial charge in [-0.15, -0.1) is 0 Å². The van der Waals surface area contributed by atoms with Gasteiger partial charge in [0.05, 0.1) is 0 Å². The van der Waals surface area contributed by atoms with E-state index in [1.165, 1.54) is 22.3 Å². The van der Waals surface area contributed by atoms with Crippen molar-refractivity contribution in [2.75, 3.05) is 0 Å². The molecule has 0 atom stereocenters. The van der Waals surface area contributed by atoms with Gasteiger partial charge in [0, 0.05) is 0 Å². The van der Waals surface area contributed by atoms with E-state index in [1.54, 1.807) is 0 Å². The average Bonchev–Trinajstić information content (AvgIpc) is 2.49. The van der Waals surface area contributed by atoms with Crippen LogP contribution in [0, 0.1) is 6.92 Å². The molecule has 2 rings (SSSR count). The quantitative estimate of drug-likeness (QED) is 0.593. The minimum absolute atomic E-state index is 1.12. The van der Waals surface area contributed by atoms with Crippen LogP contribution in [0.4, 0.5) is 0 Å². The molecule has 0 aliphatic heterocycles. The largest absolute Gasteiger partial charge is 0.0841 e. The molecule has 0 N–H and O–H groups in total. The van der Waals surface area contributed by atoms with E-state index >= 15 is 0 Å². The highest BCUT2D eigenvalue weighted by Crippen LogP contribution is 2.13.